The van der Waals surface area contributed by atoms with Crippen LogP contribution in [0, 0.1) is 11.7 Å². The summed E-state index contributed by atoms with van der Waals surface area (Å²) in [6, 6.07) is 9.26. The molecule has 2 atom stereocenters. The Morgan fingerprint density at radius 1 is 1.30 bits per heavy atom. The summed E-state index contributed by atoms with van der Waals surface area (Å²) in [4.78, 5) is 24.8. The lowest BCUT2D eigenvalue weighted by Gasteiger charge is -2.22. The Morgan fingerprint density at radius 3 is 2.47 bits per heavy atom. The molecule has 2 heterocycles. The molecule has 11 heteroatoms. The summed E-state index contributed by atoms with van der Waals surface area (Å²) in [6.07, 6.45) is 2.25. The lowest BCUT2D eigenvalue weighted by Crippen LogP contribution is -2.32. The Labute approximate surface area is 183 Å². The van der Waals surface area contributed by atoms with Crippen molar-refractivity contribution in [3.05, 3.63) is 54.0 Å². The Kier molecular flexibility index (Phi) is 8.81. The third-order valence-electron chi connectivity index (χ3n) is 4.07. The van der Waals surface area contributed by atoms with Crippen LogP contribution >= 0.6 is 24.8 Å². The number of nitrogens with one attached hydrogen (secondary N) is 1. The lowest BCUT2D eigenvalue weighted by atomic mass is 9.96. The highest BCUT2D eigenvalue weighted by Crippen LogP contribution is 2.23. The van der Waals surface area contributed by atoms with Crippen LogP contribution in [0.4, 0.5) is 9.18 Å². The summed E-state index contributed by atoms with van der Waals surface area (Å²) in [5.41, 5.74) is 10.7. The molecule has 1 aliphatic rings. The molecule has 8 nitrogen and oxygen atoms in total. The topological polar surface area (TPSA) is 130 Å². The van der Waals surface area contributed by atoms with Gasteiger partial charge in [0.25, 0.3) is 10.4 Å². The van der Waals surface area contributed by atoms with Crippen molar-refractivity contribution in [2.24, 2.45) is 17.4 Å². The minimum Gasteiger partial charge on any atom is -0.467 e. The zero-order valence-electron chi connectivity index (χ0n) is 15.8. The van der Waals surface area contributed by atoms with Crippen molar-refractivity contribution >= 4 is 41.2 Å². The summed E-state index contributed by atoms with van der Waals surface area (Å²) in [7, 11) is 0. The molecule has 1 aliphatic heterocycles. The van der Waals surface area contributed by atoms with Crippen LogP contribution in [0.2, 0.25) is 0 Å². The first-order valence-corrected chi connectivity index (χ1v) is 9.68. The quantitative estimate of drug-likeness (QED) is 0.391. The number of carbonyl (C=O) groups is 2. The average molecular weight is 453 g/mol. The zero-order chi connectivity index (χ0) is 22.1. The second-order valence-corrected chi connectivity index (χ2v) is 7.19. The van der Waals surface area contributed by atoms with Gasteiger partial charge in [0, 0.05) is 37.6 Å². The van der Waals surface area contributed by atoms with E-state index in [0.717, 1.165) is 5.56 Å². The Hall–Kier alpha value is -2.92. The maximum absolute atomic E-state index is 12.9. The average Bonchev–Trinajstić information content (AvgIpc) is 3.10. The van der Waals surface area contributed by atoms with Crippen LogP contribution in [0.15, 0.2) is 42.6 Å². The van der Waals surface area contributed by atoms with Crippen LogP contribution in [0.5, 0.6) is 11.6 Å². The van der Waals surface area contributed by atoms with Crippen LogP contribution in [0.3, 0.4) is 0 Å². The lowest BCUT2D eigenvalue weighted by molar-refractivity contribution is -0.119. The van der Waals surface area contributed by atoms with E-state index in [1.54, 1.807) is 12.3 Å². The molecular weight excluding hydrogens is 431 g/mol. The van der Waals surface area contributed by atoms with E-state index in [0.29, 0.717) is 31.0 Å². The molecule has 160 valence electrons. The normalized spacial score (nSPS) is 15.9. The van der Waals surface area contributed by atoms with Gasteiger partial charge in [-0.2, -0.15) is 0 Å². The molecule has 5 N–H and O–H groups in total. The fraction of sp³-hybridized carbons (Fsp3) is 0.263. The summed E-state index contributed by atoms with van der Waals surface area (Å²) in [5.74, 6) is 0.554. The SMILES string of the molecule is NC(=O)S.NC(=S)OC(Cc1ccc(Oc2ccc(F)cc2)nc1)C1CNC(=O)C1. The molecule has 0 aliphatic carbocycles. The number of nitrogens with two attached hydrogens (primary N) is 2. The van der Waals surface area contributed by atoms with Crippen molar-refractivity contribution in [3.63, 3.8) is 0 Å². The van der Waals surface area contributed by atoms with Gasteiger partial charge < -0.3 is 26.3 Å². The van der Waals surface area contributed by atoms with Crippen molar-refractivity contribution in [2.45, 2.75) is 18.9 Å². The number of amides is 2. The largest absolute Gasteiger partial charge is 0.467 e. The number of pyridine rings is 1. The van der Waals surface area contributed by atoms with Gasteiger partial charge in [0.1, 0.15) is 17.7 Å². The number of halogens is 1. The number of hydrogen-bond acceptors (Lipinski definition) is 6. The molecular formula is C19H21FN4O4S2. The summed E-state index contributed by atoms with van der Waals surface area (Å²) in [6.45, 7) is 0.533. The number of thiol groups is 1. The van der Waals surface area contributed by atoms with E-state index in [4.69, 9.17) is 32.2 Å². The molecule has 30 heavy (non-hydrogen) atoms. The minimum absolute atomic E-state index is 0.000795. The fourth-order valence-electron chi connectivity index (χ4n) is 2.79. The van der Waals surface area contributed by atoms with Crippen molar-refractivity contribution in [1.29, 1.82) is 0 Å². The maximum Gasteiger partial charge on any atom is 0.273 e. The first-order valence-electron chi connectivity index (χ1n) is 8.82. The van der Waals surface area contributed by atoms with Crippen LogP contribution in [-0.2, 0) is 16.0 Å². The second kappa shape index (κ2) is 11.3. The summed E-state index contributed by atoms with van der Waals surface area (Å²) >= 11 is 7.95. The van der Waals surface area contributed by atoms with Crippen LogP contribution in [0.25, 0.3) is 0 Å². The molecule has 0 spiro atoms. The maximum atomic E-state index is 12.9. The number of nitrogens with zero attached hydrogens (tertiary/aromatic N) is 1. The van der Waals surface area contributed by atoms with Gasteiger partial charge in [-0.1, -0.05) is 18.7 Å². The molecule has 2 amide bonds. The van der Waals surface area contributed by atoms with Crippen LogP contribution in [0.1, 0.15) is 12.0 Å². The van der Waals surface area contributed by atoms with Crippen molar-refractivity contribution < 1.29 is 23.5 Å². The van der Waals surface area contributed by atoms with Crippen molar-refractivity contribution in [3.8, 4) is 11.6 Å². The van der Waals surface area contributed by atoms with E-state index in [1.807, 2.05) is 6.07 Å². The molecule has 2 unspecified atom stereocenters. The van der Waals surface area contributed by atoms with Crippen molar-refractivity contribution in [1.82, 2.24) is 10.3 Å². The number of ether oxygens (including phenoxy) is 2. The van der Waals surface area contributed by atoms with Gasteiger partial charge in [0.15, 0.2) is 0 Å². The molecule has 3 rings (SSSR count). The third kappa shape index (κ3) is 8.21. The molecule has 0 saturated carbocycles. The van der Waals surface area contributed by atoms with E-state index >= 15 is 0 Å². The number of carbonyl (C=O) groups excluding carboxylic acids is 2. The van der Waals surface area contributed by atoms with Gasteiger partial charge in [-0.3, -0.25) is 9.59 Å². The number of aromatic nitrogens is 1. The van der Waals surface area contributed by atoms with Gasteiger partial charge in [-0.15, -0.1) is 0 Å². The monoisotopic (exact) mass is 452 g/mol. The molecule has 1 saturated heterocycles. The second-order valence-electron chi connectivity index (χ2n) is 6.35. The molecule has 0 bridgehead atoms. The smallest absolute Gasteiger partial charge is 0.273 e. The number of hydrogen-bond donors (Lipinski definition) is 4. The van der Waals surface area contributed by atoms with Gasteiger partial charge in [0.2, 0.25) is 11.8 Å². The summed E-state index contributed by atoms with van der Waals surface area (Å²) in [5, 5.41) is 2.10. The number of primary amides is 1. The van der Waals surface area contributed by atoms with Gasteiger partial charge >= 0.3 is 0 Å². The van der Waals surface area contributed by atoms with Crippen molar-refractivity contribution in [2.75, 3.05) is 6.54 Å². The number of thiocarbonyl (C=S) groups is 1. The van der Waals surface area contributed by atoms with Crippen LogP contribution in [-0.4, -0.2) is 34.0 Å². The zero-order valence-corrected chi connectivity index (χ0v) is 17.5. The first kappa shape index (κ1) is 23.4. The van der Waals surface area contributed by atoms with Gasteiger partial charge in [-0.05, 0) is 42.0 Å². The molecule has 1 aromatic heterocycles. The number of benzene rings is 1. The number of rotatable bonds is 6. The Balaban J connectivity index is 0.000000735. The first-order chi connectivity index (χ1) is 14.2. The molecule has 1 aromatic carbocycles. The third-order valence-corrected chi connectivity index (χ3v) is 4.17. The highest BCUT2D eigenvalue weighted by atomic mass is 32.1. The standard InChI is InChI=1S/C18H18FN3O3S.CH3NOS/c19-13-2-4-14(5-3-13)24-17-6-1-11(9-22-17)7-15(25-18(20)26)12-8-16(23)21-10-12;2-1(3)4/h1-6,9,12,15H,7-8,10H2,(H2,20,26)(H,21,23);(H3,2,3,4). The van der Waals surface area contributed by atoms with E-state index in [-0.39, 0.29) is 28.9 Å². The Morgan fingerprint density at radius 2 is 1.97 bits per heavy atom. The Bertz CT molecular complexity index is 877. The molecule has 0 radical (unpaired) electrons. The van der Waals surface area contributed by atoms with Gasteiger partial charge in [0.05, 0.1) is 0 Å². The van der Waals surface area contributed by atoms with E-state index in [1.165, 1.54) is 24.3 Å². The highest BCUT2D eigenvalue weighted by molar-refractivity contribution is 7.96. The summed E-state index contributed by atoms with van der Waals surface area (Å²) < 4.78 is 24.0. The van der Waals surface area contributed by atoms with E-state index in [2.05, 4.69) is 28.7 Å². The predicted octanol–water partition coefficient (Wildman–Crippen LogP) is 2.32. The molecule has 2 aromatic rings. The fourth-order valence-corrected chi connectivity index (χ4v) is 2.92. The van der Waals surface area contributed by atoms with E-state index < -0.39 is 5.24 Å². The minimum atomic E-state index is -0.639. The predicted molar refractivity (Wildman–Crippen MR) is 116 cm³/mol. The highest BCUT2D eigenvalue weighted by Gasteiger charge is 2.31. The molecule has 1 fully saturated rings. The van der Waals surface area contributed by atoms with E-state index in [9.17, 15) is 9.18 Å². The van der Waals surface area contributed by atoms with Gasteiger partial charge in [-0.25, -0.2) is 9.37 Å². The van der Waals surface area contributed by atoms with Crippen LogP contribution < -0.4 is 21.5 Å².